The summed E-state index contributed by atoms with van der Waals surface area (Å²) in [5, 5.41) is 10.3. The van der Waals surface area contributed by atoms with Crippen LogP contribution in [0.15, 0.2) is 55.1 Å². The molecule has 3 heterocycles. The van der Waals surface area contributed by atoms with Gasteiger partial charge in [0.15, 0.2) is 5.82 Å². The smallest absolute Gasteiger partial charge is 0.435 e. The van der Waals surface area contributed by atoms with Gasteiger partial charge in [-0.25, -0.2) is 9.59 Å². The van der Waals surface area contributed by atoms with Crippen LogP contribution in [0.4, 0.5) is 26.8 Å². The minimum absolute atomic E-state index is 0.00656. The van der Waals surface area contributed by atoms with Gasteiger partial charge in [-0.2, -0.15) is 4.68 Å². The number of nitrogens with one attached hydrogen (secondary N) is 2. The molecule has 11 heteroatoms. The average molecular weight is 586 g/mol. The molecule has 1 aromatic heterocycles. The highest BCUT2D eigenvalue weighted by molar-refractivity contribution is 6.04. The van der Waals surface area contributed by atoms with E-state index in [2.05, 4.69) is 53.0 Å². The Labute approximate surface area is 252 Å². The maximum Gasteiger partial charge on any atom is 0.435 e. The number of piperazine rings is 1. The van der Waals surface area contributed by atoms with Gasteiger partial charge in [-0.3, -0.25) is 4.79 Å². The van der Waals surface area contributed by atoms with Gasteiger partial charge in [0.2, 0.25) is 0 Å². The first-order valence-corrected chi connectivity index (χ1v) is 14.7. The van der Waals surface area contributed by atoms with Crippen molar-refractivity contribution >= 4 is 35.2 Å². The Morgan fingerprint density at radius 3 is 2.26 bits per heavy atom. The number of rotatable bonds is 8. The lowest BCUT2D eigenvalue weighted by Gasteiger charge is -2.34. The first-order chi connectivity index (χ1) is 20.8. The maximum absolute atomic E-state index is 13.5. The molecule has 0 spiro atoms. The predicted octanol–water partition coefficient (Wildman–Crippen LogP) is 4.73. The Balaban J connectivity index is 1.35. The number of aromatic nitrogens is 2. The van der Waals surface area contributed by atoms with Gasteiger partial charge in [-0.15, -0.1) is 5.10 Å². The van der Waals surface area contributed by atoms with E-state index in [1.807, 2.05) is 30.3 Å². The summed E-state index contributed by atoms with van der Waals surface area (Å²) < 4.78 is 6.36. The average Bonchev–Trinajstić information content (AvgIpc) is 3.61. The number of carbonyl (C=O) groups excluding carboxylic acids is 3. The van der Waals surface area contributed by atoms with Crippen molar-refractivity contribution in [1.29, 1.82) is 0 Å². The molecule has 11 nitrogen and oxygen atoms in total. The topological polar surface area (TPSA) is 112 Å². The van der Waals surface area contributed by atoms with Crippen molar-refractivity contribution in [3.05, 3.63) is 83.1 Å². The molecule has 0 radical (unpaired) electrons. The molecular formula is C32H39N7O4. The summed E-state index contributed by atoms with van der Waals surface area (Å²) >= 11 is 0. The number of urea groups is 1. The number of nitrogens with zero attached hydrogens (tertiary/aromatic N) is 5. The third-order valence-electron chi connectivity index (χ3n) is 8.02. The molecule has 5 rings (SSSR count). The molecule has 226 valence electrons. The lowest BCUT2D eigenvalue weighted by molar-refractivity contribution is 0.102. The van der Waals surface area contributed by atoms with Crippen LogP contribution in [-0.4, -0.2) is 77.4 Å². The van der Waals surface area contributed by atoms with Gasteiger partial charge in [-0.05, 0) is 55.3 Å². The summed E-state index contributed by atoms with van der Waals surface area (Å²) in [5.74, 6) is -0.138. The van der Waals surface area contributed by atoms with Gasteiger partial charge >= 0.3 is 12.1 Å². The number of anilines is 3. The first-order valence-electron chi connectivity index (χ1n) is 14.7. The van der Waals surface area contributed by atoms with Gasteiger partial charge < -0.3 is 30.1 Å². The van der Waals surface area contributed by atoms with Crippen molar-refractivity contribution in [2.45, 2.75) is 39.8 Å². The van der Waals surface area contributed by atoms with Gasteiger partial charge in [0.25, 0.3) is 5.91 Å². The van der Waals surface area contributed by atoms with Crippen molar-refractivity contribution in [1.82, 2.24) is 19.6 Å². The normalized spacial score (nSPS) is 14.8. The molecule has 1 fully saturated rings. The van der Waals surface area contributed by atoms with E-state index in [1.54, 1.807) is 17.0 Å². The fourth-order valence-corrected chi connectivity index (χ4v) is 5.48. The van der Waals surface area contributed by atoms with Crippen LogP contribution in [-0.2, 0) is 30.7 Å². The van der Waals surface area contributed by atoms with Crippen molar-refractivity contribution in [2.24, 2.45) is 0 Å². The Morgan fingerprint density at radius 2 is 1.63 bits per heavy atom. The van der Waals surface area contributed by atoms with E-state index in [9.17, 15) is 14.4 Å². The van der Waals surface area contributed by atoms with E-state index in [0.29, 0.717) is 16.8 Å². The van der Waals surface area contributed by atoms with Crippen LogP contribution in [0.25, 0.3) is 0 Å². The number of carbonyl (C=O) groups is 3. The highest BCUT2D eigenvalue weighted by atomic mass is 16.6. The zero-order valence-electron chi connectivity index (χ0n) is 25.1. The monoisotopic (exact) mass is 585 g/mol. The zero-order valence-corrected chi connectivity index (χ0v) is 25.1. The number of fused-ring (bicyclic) bond motifs is 1. The van der Waals surface area contributed by atoms with Crippen LogP contribution >= 0.6 is 0 Å². The van der Waals surface area contributed by atoms with Gasteiger partial charge in [0.05, 0.1) is 18.8 Å². The number of benzene rings is 2. The van der Waals surface area contributed by atoms with Crippen molar-refractivity contribution < 1.29 is 19.1 Å². The number of hydrogen-bond donors (Lipinski definition) is 2. The van der Waals surface area contributed by atoms with Crippen molar-refractivity contribution in [2.75, 3.05) is 55.4 Å². The van der Waals surface area contributed by atoms with Gasteiger partial charge in [-0.1, -0.05) is 44.7 Å². The zero-order chi connectivity index (χ0) is 30.5. The molecule has 2 N–H and O–H groups in total. The number of hydrogen-bond acceptors (Lipinski definition) is 7. The van der Waals surface area contributed by atoms with Crippen LogP contribution < -0.4 is 15.5 Å². The Kier molecular flexibility index (Phi) is 9.10. The van der Waals surface area contributed by atoms with E-state index in [-0.39, 0.29) is 37.5 Å². The third-order valence-corrected chi connectivity index (χ3v) is 8.02. The van der Waals surface area contributed by atoms with Crippen LogP contribution in [0.3, 0.4) is 0 Å². The Hall–Kier alpha value is -4.64. The number of likely N-dealkylation sites (N-methyl/N-ethyl adjacent to an activating group) is 1. The number of aryl methyl sites for hydroxylation is 2. The summed E-state index contributed by atoms with van der Waals surface area (Å²) in [7, 11) is 2.11. The molecular weight excluding hydrogens is 546 g/mol. The lowest BCUT2D eigenvalue weighted by Crippen LogP contribution is -2.44. The molecule has 3 aromatic rings. The highest BCUT2D eigenvalue weighted by Crippen LogP contribution is 2.31. The van der Waals surface area contributed by atoms with Gasteiger partial charge in [0, 0.05) is 48.7 Å². The quantitative estimate of drug-likeness (QED) is 0.368. The largest absolute Gasteiger partial charge is 0.444 e. The summed E-state index contributed by atoms with van der Waals surface area (Å²) in [6.45, 7) is 11.8. The maximum atomic E-state index is 13.5. The van der Waals surface area contributed by atoms with E-state index in [4.69, 9.17) is 4.74 Å². The van der Waals surface area contributed by atoms with E-state index in [0.717, 1.165) is 66.2 Å². The van der Waals surface area contributed by atoms with E-state index in [1.165, 1.54) is 6.08 Å². The summed E-state index contributed by atoms with van der Waals surface area (Å²) in [4.78, 5) is 45.8. The molecule has 0 unspecified atom stereocenters. The molecule has 2 aliphatic rings. The minimum atomic E-state index is -0.708. The van der Waals surface area contributed by atoms with E-state index < -0.39 is 6.09 Å². The SMILES string of the molecule is C=CCOC(=O)n1nc(NC(=O)c2ccc(N3CCN(C)CC3)cc2)c2c1CN(C(=O)Nc1c(CC)cccc1CC)C2. The third kappa shape index (κ3) is 6.41. The fourth-order valence-electron chi connectivity index (χ4n) is 5.48. The summed E-state index contributed by atoms with van der Waals surface area (Å²) in [6, 6.07) is 13.2. The second-order valence-corrected chi connectivity index (χ2v) is 10.8. The summed E-state index contributed by atoms with van der Waals surface area (Å²) in [6.07, 6.45) is 2.31. The highest BCUT2D eigenvalue weighted by Gasteiger charge is 2.34. The molecule has 0 aliphatic carbocycles. The van der Waals surface area contributed by atoms with E-state index >= 15 is 0 Å². The first kappa shape index (κ1) is 29.8. The second-order valence-electron chi connectivity index (χ2n) is 10.8. The number of ether oxygens (including phenoxy) is 1. The van der Waals surface area contributed by atoms with Crippen LogP contribution in [0.5, 0.6) is 0 Å². The molecule has 0 saturated carbocycles. The molecule has 2 aromatic carbocycles. The Bertz CT molecular complexity index is 1480. The molecule has 3 amide bonds. The summed E-state index contributed by atoms with van der Waals surface area (Å²) in [5.41, 5.74) is 5.53. The van der Waals surface area contributed by atoms with Crippen LogP contribution in [0.1, 0.15) is 46.6 Å². The minimum Gasteiger partial charge on any atom is -0.444 e. The standard InChI is InChI=1S/C32H39N7O4/c1-5-19-43-32(42)39-27-21-38(31(41)33-28-22(6-2)9-8-10-23(28)7-3)20-26(27)29(35-39)34-30(40)24-11-13-25(14-12-24)37-17-15-36(4)16-18-37/h5,8-14H,1,6-7,15-21H2,2-4H3,(H,33,41)(H,34,35,40). The van der Waals surface area contributed by atoms with Crippen LogP contribution in [0, 0.1) is 0 Å². The number of amides is 3. The second kappa shape index (κ2) is 13.1. The predicted molar refractivity (Wildman–Crippen MR) is 167 cm³/mol. The van der Waals surface area contributed by atoms with Gasteiger partial charge in [0.1, 0.15) is 6.61 Å². The lowest BCUT2D eigenvalue weighted by atomic mass is 10.0. The van der Waals surface area contributed by atoms with Crippen LogP contribution in [0.2, 0.25) is 0 Å². The molecule has 43 heavy (non-hydrogen) atoms. The molecule has 1 saturated heterocycles. The molecule has 2 aliphatic heterocycles. The molecule has 0 bridgehead atoms. The molecule has 0 atom stereocenters. The van der Waals surface area contributed by atoms with Crippen molar-refractivity contribution in [3.63, 3.8) is 0 Å². The Morgan fingerprint density at radius 1 is 0.953 bits per heavy atom. The van der Waals surface area contributed by atoms with Crippen molar-refractivity contribution in [3.8, 4) is 0 Å². The fraction of sp³-hybridized carbons (Fsp3) is 0.375. The number of para-hydroxylation sites is 1.